The highest BCUT2D eigenvalue weighted by atomic mass is 32.2. The monoisotopic (exact) mass is 432 g/mol. The number of carbonyl (C=O) groups excluding carboxylic acids is 1. The van der Waals surface area contributed by atoms with Gasteiger partial charge in [-0.3, -0.25) is 4.79 Å². The highest BCUT2D eigenvalue weighted by Crippen LogP contribution is 2.32. The van der Waals surface area contributed by atoms with Crippen LogP contribution in [0.2, 0.25) is 0 Å². The van der Waals surface area contributed by atoms with Crippen LogP contribution in [0.15, 0.2) is 52.3 Å². The van der Waals surface area contributed by atoms with Gasteiger partial charge in [-0.05, 0) is 75.1 Å². The van der Waals surface area contributed by atoms with E-state index in [9.17, 15) is 13.2 Å². The van der Waals surface area contributed by atoms with E-state index in [1.165, 1.54) is 20.3 Å². The summed E-state index contributed by atoms with van der Waals surface area (Å²) in [7, 11) is -3.17. The second-order valence-corrected chi connectivity index (χ2v) is 10.8. The van der Waals surface area contributed by atoms with Crippen molar-refractivity contribution in [3.05, 3.63) is 53.6 Å². The summed E-state index contributed by atoms with van der Waals surface area (Å²) in [6.45, 7) is 6.67. The van der Waals surface area contributed by atoms with Crippen molar-refractivity contribution < 1.29 is 13.2 Å². The van der Waals surface area contributed by atoms with Gasteiger partial charge in [0, 0.05) is 34.5 Å². The van der Waals surface area contributed by atoms with Crippen LogP contribution in [0.25, 0.3) is 0 Å². The molecular weight excluding hydrogens is 404 g/mol. The van der Waals surface area contributed by atoms with E-state index in [0.29, 0.717) is 25.9 Å². The molecule has 156 valence electrons. The molecule has 1 fully saturated rings. The number of hydrogen-bond acceptors (Lipinski definition) is 4. The Kier molecular flexibility index (Phi) is 7.03. The highest BCUT2D eigenvalue weighted by Gasteiger charge is 2.30. The lowest BCUT2D eigenvalue weighted by molar-refractivity contribution is -0.120. The molecule has 0 unspecified atom stereocenters. The van der Waals surface area contributed by atoms with Gasteiger partial charge < -0.3 is 5.32 Å². The molecule has 0 aromatic heterocycles. The normalized spacial score (nSPS) is 16.0. The minimum absolute atomic E-state index is 0.0338. The summed E-state index contributed by atoms with van der Waals surface area (Å²) in [5.74, 6) is -0.0770. The van der Waals surface area contributed by atoms with Crippen LogP contribution in [0, 0.1) is 19.8 Å². The summed E-state index contributed by atoms with van der Waals surface area (Å²) < 4.78 is 25.4. The number of sulfonamides is 1. The molecule has 5 nitrogen and oxygen atoms in total. The number of carbonyl (C=O) groups is 1. The molecule has 1 aliphatic heterocycles. The summed E-state index contributed by atoms with van der Waals surface area (Å²) in [6.07, 6.45) is 1.12. The van der Waals surface area contributed by atoms with Gasteiger partial charge in [0.2, 0.25) is 15.9 Å². The number of rotatable bonds is 6. The summed E-state index contributed by atoms with van der Waals surface area (Å²) >= 11 is 1.71. The van der Waals surface area contributed by atoms with Crippen LogP contribution in [0.3, 0.4) is 0 Å². The van der Waals surface area contributed by atoms with E-state index in [1.54, 1.807) is 18.7 Å². The Morgan fingerprint density at radius 1 is 1.10 bits per heavy atom. The number of nitrogens with zero attached hydrogens (tertiary/aromatic N) is 1. The molecule has 0 radical (unpaired) electrons. The van der Waals surface area contributed by atoms with Crippen molar-refractivity contribution >= 4 is 33.4 Å². The molecule has 1 amide bonds. The third kappa shape index (κ3) is 5.62. The molecule has 1 saturated heterocycles. The molecule has 0 bridgehead atoms. The average Bonchev–Trinajstić information content (AvgIpc) is 2.72. The third-order valence-electron chi connectivity index (χ3n) is 5.28. The predicted octanol–water partition coefficient (Wildman–Crippen LogP) is 4.45. The van der Waals surface area contributed by atoms with Gasteiger partial charge in [-0.15, -0.1) is 0 Å². The average molecular weight is 433 g/mol. The van der Waals surface area contributed by atoms with Crippen molar-refractivity contribution in [2.24, 2.45) is 5.92 Å². The minimum atomic E-state index is -3.17. The topological polar surface area (TPSA) is 66.5 Å². The fraction of sp³-hybridized carbons (Fsp3) is 0.409. The third-order valence-corrected chi connectivity index (χ3v) is 8.33. The van der Waals surface area contributed by atoms with Crippen LogP contribution in [-0.4, -0.2) is 37.5 Å². The van der Waals surface area contributed by atoms with Gasteiger partial charge in [0.1, 0.15) is 0 Å². The second kappa shape index (κ2) is 9.32. The van der Waals surface area contributed by atoms with E-state index < -0.39 is 10.0 Å². The maximum Gasteiger partial charge on any atom is 0.227 e. The SMILES string of the molecule is CCS(=O)(=O)N1CCC(C(=O)Nc2ccc(Sc3cc(C)ccc3C)cc2)CC1. The van der Waals surface area contributed by atoms with Crippen LogP contribution in [-0.2, 0) is 14.8 Å². The number of aryl methyl sites for hydroxylation is 2. The number of benzene rings is 2. The highest BCUT2D eigenvalue weighted by molar-refractivity contribution is 7.99. The maximum absolute atomic E-state index is 12.6. The Morgan fingerprint density at radius 3 is 2.38 bits per heavy atom. The molecular formula is C22H28N2O3S2. The lowest BCUT2D eigenvalue weighted by Crippen LogP contribution is -2.42. The summed E-state index contributed by atoms with van der Waals surface area (Å²) in [5, 5.41) is 2.97. The van der Waals surface area contributed by atoms with Crippen molar-refractivity contribution in [1.82, 2.24) is 4.31 Å². The molecule has 3 rings (SSSR count). The molecule has 1 N–H and O–H groups in total. The molecule has 1 heterocycles. The largest absolute Gasteiger partial charge is 0.326 e. The molecule has 0 aliphatic carbocycles. The second-order valence-electron chi connectivity index (χ2n) is 7.46. The van der Waals surface area contributed by atoms with Crippen LogP contribution < -0.4 is 5.32 Å². The first-order chi connectivity index (χ1) is 13.8. The first-order valence-corrected chi connectivity index (χ1v) is 12.3. The van der Waals surface area contributed by atoms with Gasteiger partial charge >= 0.3 is 0 Å². The lowest BCUT2D eigenvalue weighted by atomic mass is 9.97. The Labute approximate surface area is 177 Å². The van der Waals surface area contributed by atoms with Crippen molar-refractivity contribution in [3.8, 4) is 0 Å². The summed E-state index contributed by atoms with van der Waals surface area (Å²) in [5.41, 5.74) is 3.25. The molecule has 1 aliphatic rings. The molecule has 0 saturated carbocycles. The van der Waals surface area contributed by atoms with E-state index in [1.807, 2.05) is 24.3 Å². The van der Waals surface area contributed by atoms with Crippen LogP contribution in [0.4, 0.5) is 5.69 Å². The van der Waals surface area contributed by atoms with E-state index in [0.717, 1.165) is 10.6 Å². The molecule has 0 atom stereocenters. The Morgan fingerprint density at radius 2 is 1.76 bits per heavy atom. The smallest absolute Gasteiger partial charge is 0.227 e. The maximum atomic E-state index is 12.6. The van der Waals surface area contributed by atoms with Gasteiger partial charge in [-0.2, -0.15) is 0 Å². The van der Waals surface area contributed by atoms with E-state index >= 15 is 0 Å². The summed E-state index contributed by atoms with van der Waals surface area (Å²) in [6, 6.07) is 14.3. The van der Waals surface area contributed by atoms with Crippen molar-refractivity contribution in [1.29, 1.82) is 0 Å². The lowest BCUT2D eigenvalue weighted by Gasteiger charge is -2.30. The van der Waals surface area contributed by atoms with Crippen LogP contribution in [0.1, 0.15) is 30.9 Å². The van der Waals surface area contributed by atoms with Crippen molar-refractivity contribution in [2.45, 2.75) is 43.4 Å². The number of anilines is 1. The quantitative estimate of drug-likeness (QED) is 0.732. The van der Waals surface area contributed by atoms with Crippen molar-refractivity contribution in [3.63, 3.8) is 0 Å². The fourth-order valence-corrected chi connectivity index (χ4v) is 5.51. The summed E-state index contributed by atoms with van der Waals surface area (Å²) in [4.78, 5) is 14.9. The Hall–Kier alpha value is -1.83. The van der Waals surface area contributed by atoms with Gasteiger partial charge in [0.05, 0.1) is 5.75 Å². The molecule has 2 aromatic carbocycles. The predicted molar refractivity (Wildman–Crippen MR) is 119 cm³/mol. The van der Waals surface area contributed by atoms with Gasteiger partial charge in [-0.25, -0.2) is 12.7 Å². The number of hydrogen-bond donors (Lipinski definition) is 1. The molecule has 29 heavy (non-hydrogen) atoms. The Balaban J connectivity index is 1.56. The minimum Gasteiger partial charge on any atom is -0.326 e. The molecule has 0 spiro atoms. The van der Waals surface area contributed by atoms with Gasteiger partial charge in [0.25, 0.3) is 0 Å². The van der Waals surface area contributed by atoms with Gasteiger partial charge in [0.15, 0.2) is 0 Å². The number of nitrogens with one attached hydrogen (secondary N) is 1. The zero-order valence-electron chi connectivity index (χ0n) is 17.1. The number of amides is 1. The zero-order chi connectivity index (χ0) is 21.0. The van der Waals surface area contributed by atoms with Crippen LogP contribution in [0.5, 0.6) is 0 Å². The first kappa shape index (κ1) is 21.9. The van der Waals surface area contributed by atoms with Crippen LogP contribution >= 0.6 is 11.8 Å². The Bertz CT molecular complexity index is 964. The van der Waals surface area contributed by atoms with E-state index in [-0.39, 0.29) is 17.6 Å². The zero-order valence-corrected chi connectivity index (χ0v) is 18.8. The van der Waals surface area contributed by atoms with Crippen molar-refractivity contribution in [2.75, 3.05) is 24.2 Å². The fourth-order valence-electron chi connectivity index (χ4n) is 3.37. The molecule has 2 aromatic rings. The molecule has 7 heteroatoms. The van der Waals surface area contributed by atoms with Gasteiger partial charge in [-0.1, -0.05) is 23.9 Å². The number of piperidine rings is 1. The van der Waals surface area contributed by atoms with E-state index in [2.05, 4.69) is 37.4 Å². The standard InChI is InChI=1S/C22H28N2O3S2/c1-4-29(26,27)24-13-11-18(12-14-24)22(25)23-19-7-9-20(10-8-19)28-21-15-16(2)5-6-17(21)3/h5-10,15,18H,4,11-14H2,1-3H3,(H,23,25). The first-order valence-electron chi connectivity index (χ1n) is 9.92. The van der Waals surface area contributed by atoms with E-state index in [4.69, 9.17) is 0 Å².